The van der Waals surface area contributed by atoms with Gasteiger partial charge in [-0.1, -0.05) is 32.0 Å². The normalized spacial score (nSPS) is 19.2. The van der Waals surface area contributed by atoms with E-state index in [1.54, 1.807) is 7.11 Å². The number of likely N-dealkylation sites (tertiary alicyclic amines) is 1. The van der Waals surface area contributed by atoms with Gasteiger partial charge in [0.1, 0.15) is 5.75 Å². The number of hydrogen-bond acceptors (Lipinski definition) is 3. The Morgan fingerprint density at radius 2 is 2.17 bits per heavy atom. The molecule has 2 N–H and O–H groups in total. The van der Waals surface area contributed by atoms with Crippen molar-refractivity contribution in [3.63, 3.8) is 0 Å². The van der Waals surface area contributed by atoms with Crippen LogP contribution in [-0.4, -0.2) is 48.9 Å². The highest BCUT2D eigenvalue weighted by Crippen LogP contribution is 2.22. The fourth-order valence-electron chi connectivity index (χ4n) is 3.21. The van der Waals surface area contributed by atoms with Crippen LogP contribution in [0.25, 0.3) is 0 Å². The highest BCUT2D eigenvalue weighted by Gasteiger charge is 2.26. The van der Waals surface area contributed by atoms with Crippen LogP contribution in [0.3, 0.4) is 0 Å². The van der Waals surface area contributed by atoms with Crippen molar-refractivity contribution in [3.05, 3.63) is 29.8 Å². The first-order chi connectivity index (χ1) is 11.5. The van der Waals surface area contributed by atoms with Crippen molar-refractivity contribution >= 4 is 6.03 Å². The molecule has 0 radical (unpaired) electrons. The Balaban J connectivity index is 2.01. The van der Waals surface area contributed by atoms with Crippen molar-refractivity contribution in [1.82, 2.24) is 10.2 Å². The molecule has 2 atom stereocenters. The molecule has 1 saturated heterocycles. The van der Waals surface area contributed by atoms with Crippen LogP contribution in [0.4, 0.5) is 4.79 Å². The largest absolute Gasteiger partial charge is 0.496 e. The lowest BCUT2D eigenvalue weighted by Crippen LogP contribution is -2.51. The zero-order chi connectivity index (χ0) is 17.5. The van der Waals surface area contributed by atoms with Gasteiger partial charge in [-0.3, -0.25) is 0 Å². The summed E-state index contributed by atoms with van der Waals surface area (Å²) in [4.78, 5) is 14.5. The van der Waals surface area contributed by atoms with Crippen molar-refractivity contribution in [2.75, 3.05) is 26.8 Å². The van der Waals surface area contributed by atoms with Gasteiger partial charge in [0.05, 0.1) is 7.11 Å². The predicted molar refractivity (Wildman–Crippen MR) is 95.2 cm³/mol. The maximum Gasteiger partial charge on any atom is 0.317 e. The summed E-state index contributed by atoms with van der Waals surface area (Å²) in [6, 6.07) is 7.96. The van der Waals surface area contributed by atoms with E-state index in [4.69, 9.17) is 4.74 Å². The van der Waals surface area contributed by atoms with Gasteiger partial charge in [0, 0.05) is 25.7 Å². The van der Waals surface area contributed by atoms with Crippen LogP contribution >= 0.6 is 0 Å². The van der Waals surface area contributed by atoms with E-state index < -0.39 is 0 Å². The molecule has 1 heterocycles. The number of nitrogens with one attached hydrogen (secondary N) is 1. The van der Waals surface area contributed by atoms with Crippen LogP contribution in [0.1, 0.15) is 32.3 Å². The van der Waals surface area contributed by atoms with Crippen molar-refractivity contribution in [3.8, 4) is 5.75 Å². The molecule has 1 aromatic carbocycles. The smallest absolute Gasteiger partial charge is 0.317 e. The zero-order valence-corrected chi connectivity index (χ0v) is 15.0. The van der Waals surface area contributed by atoms with Crippen LogP contribution in [-0.2, 0) is 6.42 Å². The number of urea groups is 1. The van der Waals surface area contributed by atoms with Gasteiger partial charge < -0.3 is 20.1 Å². The first kappa shape index (κ1) is 18.6. The molecule has 0 aromatic heterocycles. The Hall–Kier alpha value is -1.75. The third-order valence-electron chi connectivity index (χ3n) is 4.81. The minimum atomic E-state index is -0.0262. The van der Waals surface area contributed by atoms with Crippen molar-refractivity contribution in [2.24, 2.45) is 11.8 Å². The average molecular weight is 334 g/mol. The molecule has 2 rings (SSSR count). The van der Waals surface area contributed by atoms with Gasteiger partial charge in [-0.2, -0.15) is 0 Å². The minimum absolute atomic E-state index is 0.0262. The Bertz CT molecular complexity index is 533. The summed E-state index contributed by atoms with van der Waals surface area (Å²) in [5, 5.41) is 12.5. The van der Waals surface area contributed by atoms with Crippen molar-refractivity contribution in [1.29, 1.82) is 0 Å². The molecule has 0 bridgehead atoms. The second kappa shape index (κ2) is 8.92. The van der Waals surface area contributed by atoms with Crippen LogP contribution < -0.4 is 10.1 Å². The Morgan fingerprint density at radius 1 is 1.42 bits per heavy atom. The van der Waals surface area contributed by atoms with E-state index in [9.17, 15) is 9.90 Å². The maximum atomic E-state index is 12.6. The summed E-state index contributed by atoms with van der Waals surface area (Å²) in [7, 11) is 1.67. The van der Waals surface area contributed by atoms with E-state index in [0.29, 0.717) is 12.5 Å². The number of rotatable bonds is 6. The molecule has 0 spiro atoms. The second-order valence-electron chi connectivity index (χ2n) is 6.95. The molecular formula is C19H30N2O3. The lowest BCUT2D eigenvalue weighted by Gasteiger charge is -2.34. The number of aliphatic hydroxyl groups is 1. The first-order valence-electron chi connectivity index (χ1n) is 8.83. The van der Waals surface area contributed by atoms with Gasteiger partial charge >= 0.3 is 6.03 Å². The van der Waals surface area contributed by atoms with Crippen molar-refractivity contribution < 1.29 is 14.6 Å². The number of carbonyl (C=O) groups excluding carboxylic acids is 1. The number of piperidine rings is 1. The van der Waals surface area contributed by atoms with Gasteiger partial charge in [0.25, 0.3) is 0 Å². The topological polar surface area (TPSA) is 61.8 Å². The number of benzene rings is 1. The van der Waals surface area contributed by atoms with Crippen molar-refractivity contribution in [2.45, 2.75) is 39.2 Å². The van der Waals surface area contributed by atoms with Gasteiger partial charge in [-0.15, -0.1) is 0 Å². The predicted octanol–water partition coefficient (Wildman–Crippen LogP) is 2.68. The second-order valence-corrected chi connectivity index (χ2v) is 6.95. The molecule has 5 heteroatoms. The van der Waals surface area contributed by atoms with E-state index >= 15 is 0 Å². The SMILES string of the molecule is COc1ccccc1C[C@H](NC(=O)N1CCC[C@@H](CO)C1)C(C)C. The van der Waals surface area contributed by atoms with Gasteiger partial charge in [-0.25, -0.2) is 4.79 Å². The van der Waals surface area contributed by atoms with Crippen LogP contribution in [0.15, 0.2) is 24.3 Å². The fourth-order valence-corrected chi connectivity index (χ4v) is 3.21. The molecule has 1 fully saturated rings. The summed E-state index contributed by atoms with van der Waals surface area (Å²) >= 11 is 0. The maximum absolute atomic E-state index is 12.6. The monoisotopic (exact) mass is 334 g/mol. The number of hydrogen-bond donors (Lipinski definition) is 2. The van der Waals surface area contributed by atoms with E-state index in [-0.39, 0.29) is 24.6 Å². The quantitative estimate of drug-likeness (QED) is 0.841. The minimum Gasteiger partial charge on any atom is -0.496 e. The van der Waals surface area contributed by atoms with Crippen LogP contribution in [0.5, 0.6) is 5.75 Å². The highest BCUT2D eigenvalue weighted by molar-refractivity contribution is 5.74. The molecule has 1 aliphatic heterocycles. The van der Waals surface area contributed by atoms with Gasteiger partial charge in [0.2, 0.25) is 0 Å². The lowest BCUT2D eigenvalue weighted by molar-refractivity contribution is 0.126. The number of carbonyl (C=O) groups is 1. The molecule has 0 saturated carbocycles. The van der Waals surface area contributed by atoms with E-state index in [1.165, 1.54) is 0 Å². The third kappa shape index (κ3) is 4.87. The average Bonchev–Trinajstić information content (AvgIpc) is 2.61. The molecular weight excluding hydrogens is 304 g/mol. The summed E-state index contributed by atoms with van der Waals surface area (Å²) in [5.74, 6) is 1.38. The summed E-state index contributed by atoms with van der Waals surface area (Å²) in [6.45, 7) is 5.79. The number of para-hydroxylation sites is 1. The van der Waals surface area contributed by atoms with E-state index in [2.05, 4.69) is 19.2 Å². The standard InChI is InChI=1S/C19H30N2O3/c1-14(2)17(11-16-8-4-5-9-18(16)24-3)20-19(23)21-10-6-7-15(12-21)13-22/h4-5,8-9,14-15,17,22H,6-7,10-13H2,1-3H3,(H,20,23)/t15-,17+/m1/s1. The molecule has 1 aliphatic rings. The first-order valence-corrected chi connectivity index (χ1v) is 8.83. The molecule has 0 aliphatic carbocycles. The summed E-state index contributed by atoms with van der Waals surface area (Å²) in [6.07, 6.45) is 2.69. The van der Waals surface area contributed by atoms with Gasteiger partial charge in [-0.05, 0) is 42.7 Å². The fraction of sp³-hybridized carbons (Fsp3) is 0.632. The third-order valence-corrected chi connectivity index (χ3v) is 4.81. The molecule has 0 unspecified atom stereocenters. The molecule has 2 amide bonds. The molecule has 24 heavy (non-hydrogen) atoms. The van der Waals surface area contributed by atoms with Crippen LogP contribution in [0.2, 0.25) is 0 Å². The lowest BCUT2D eigenvalue weighted by atomic mass is 9.95. The molecule has 5 nitrogen and oxygen atoms in total. The van der Waals surface area contributed by atoms with E-state index in [0.717, 1.165) is 37.1 Å². The van der Waals surface area contributed by atoms with Crippen LogP contribution in [0, 0.1) is 11.8 Å². The van der Waals surface area contributed by atoms with Gasteiger partial charge in [0.15, 0.2) is 0 Å². The molecule has 134 valence electrons. The number of amides is 2. The van der Waals surface area contributed by atoms with E-state index in [1.807, 2.05) is 29.2 Å². The Kier molecular flexibility index (Phi) is 6.91. The number of aliphatic hydroxyl groups excluding tert-OH is 1. The zero-order valence-electron chi connectivity index (χ0n) is 15.0. The highest BCUT2D eigenvalue weighted by atomic mass is 16.5. The Labute approximate surface area is 145 Å². The number of methoxy groups -OCH3 is 1. The number of nitrogens with zero attached hydrogens (tertiary/aromatic N) is 1. The summed E-state index contributed by atoms with van der Waals surface area (Å²) < 4.78 is 5.42. The molecule has 1 aromatic rings. The number of ether oxygens (including phenoxy) is 1. The Morgan fingerprint density at radius 3 is 2.83 bits per heavy atom. The summed E-state index contributed by atoms with van der Waals surface area (Å²) in [5.41, 5.74) is 1.10.